The van der Waals surface area contributed by atoms with Gasteiger partial charge in [-0.3, -0.25) is 0 Å². The van der Waals surface area contributed by atoms with E-state index in [2.05, 4.69) is 27.4 Å². The lowest BCUT2D eigenvalue weighted by atomic mass is 9.99. The molecule has 150 valence electrons. The fraction of sp³-hybridized carbons (Fsp3) is 0.750. The van der Waals surface area contributed by atoms with Gasteiger partial charge in [0.25, 0.3) is 0 Å². The number of nitrogens with zero attached hydrogens (tertiary/aromatic N) is 4. The van der Waals surface area contributed by atoms with Gasteiger partial charge in [0, 0.05) is 56.6 Å². The Bertz CT molecular complexity index is 621. The molecular weight excluding hydrogens is 340 g/mol. The van der Waals surface area contributed by atoms with Crippen LogP contribution >= 0.6 is 0 Å². The summed E-state index contributed by atoms with van der Waals surface area (Å²) in [5.74, 6) is 1.97. The highest BCUT2D eigenvalue weighted by Gasteiger charge is 2.27. The fourth-order valence-corrected chi connectivity index (χ4v) is 4.11. The van der Waals surface area contributed by atoms with Crippen LogP contribution in [0, 0.1) is 6.92 Å². The van der Waals surface area contributed by atoms with E-state index in [9.17, 15) is 4.79 Å². The number of nitrogens with one attached hydrogen (secondary N) is 2. The van der Waals surface area contributed by atoms with Gasteiger partial charge in [-0.1, -0.05) is 6.92 Å². The van der Waals surface area contributed by atoms with Crippen molar-refractivity contribution in [1.29, 1.82) is 0 Å². The number of anilines is 1. The molecule has 0 unspecified atom stereocenters. The number of likely N-dealkylation sites (tertiary alicyclic amines) is 1. The third-order valence-corrected chi connectivity index (χ3v) is 5.72. The summed E-state index contributed by atoms with van der Waals surface area (Å²) < 4.78 is 0. The Hall–Kier alpha value is -1.89. The summed E-state index contributed by atoms with van der Waals surface area (Å²) in [4.78, 5) is 25.3. The van der Waals surface area contributed by atoms with E-state index in [0.29, 0.717) is 18.6 Å². The van der Waals surface area contributed by atoms with Crippen LogP contribution in [0.3, 0.4) is 0 Å². The number of piperidine rings is 2. The molecule has 2 saturated heterocycles. The zero-order chi connectivity index (χ0) is 19.2. The van der Waals surface area contributed by atoms with Gasteiger partial charge < -0.3 is 20.4 Å². The Kier molecular flexibility index (Phi) is 6.88. The molecule has 0 aromatic carbocycles. The van der Waals surface area contributed by atoms with E-state index in [0.717, 1.165) is 69.9 Å². The van der Waals surface area contributed by atoms with E-state index in [1.54, 1.807) is 0 Å². The molecule has 2 amide bonds. The second kappa shape index (κ2) is 9.35. The van der Waals surface area contributed by atoms with Crippen molar-refractivity contribution in [3.63, 3.8) is 0 Å². The summed E-state index contributed by atoms with van der Waals surface area (Å²) in [6.45, 7) is 10.6. The first-order valence-corrected chi connectivity index (χ1v) is 10.5. The van der Waals surface area contributed by atoms with Crippen LogP contribution in [-0.2, 0) is 6.42 Å². The van der Waals surface area contributed by atoms with Crippen molar-refractivity contribution in [1.82, 2.24) is 25.5 Å². The molecule has 3 rings (SSSR count). The van der Waals surface area contributed by atoms with E-state index in [4.69, 9.17) is 4.98 Å². The number of carbonyl (C=O) groups excluding carboxylic acids is 1. The number of amides is 2. The lowest BCUT2D eigenvalue weighted by molar-refractivity contribution is 0.172. The van der Waals surface area contributed by atoms with Gasteiger partial charge in [-0.25, -0.2) is 14.8 Å². The first kappa shape index (κ1) is 19.9. The van der Waals surface area contributed by atoms with E-state index in [1.165, 1.54) is 5.56 Å². The predicted molar refractivity (Wildman–Crippen MR) is 108 cm³/mol. The molecule has 2 aliphatic rings. The van der Waals surface area contributed by atoms with Crippen LogP contribution in [0.2, 0.25) is 0 Å². The first-order valence-electron chi connectivity index (χ1n) is 10.5. The average molecular weight is 375 g/mol. The van der Waals surface area contributed by atoms with Crippen LogP contribution in [0.15, 0.2) is 6.20 Å². The standard InChI is InChI=1S/C20H34N6O/c1-4-16-14-22-15(3)23-19(16)25-10-6-17(7-11-25)24-18-8-12-26(13-9-18)20(27)21-5-2/h14,17-18,24H,4-13H2,1-3H3,(H,21,27). The molecule has 7 nitrogen and oxygen atoms in total. The van der Waals surface area contributed by atoms with Gasteiger partial charge in [-0.15, -0.1) is 0 Å². The Balaban J connectivity index is 1.45. The van der Waals surface area contributed by atoms with Crippen molar-refractivity contribution in [3.05, 3.63) is 17.6 Å². The summed E-state index contributed by atoms with van der Waals surface area (Å²) in [6.07, 6.45) is 7.32. The van der Waals surface area contributed by atoms with Crippen LogP contribution in [0.1, 0.15) is 50.9 Å². The quantitative estimate of drug-likeness (QED) is 0.826. The molecular formula is C20H34N6O. The van der Waals surface area contributed by atoms with Gasteiger partial charge in [0.2, 0.25) is 0 Å². The minimum absolute atomic E-state index is 0.0798. The number of rotatable bonds is 5. The normalized spacial score (nSPS) is 19.4. The van der Waals surface area contributed by atoms with Crippen molar-refractivity contribution in [2.24, 2.45) is 0 Å². The van der Waals surface area contributed by atoms with Crippen molar-refractivity contribution in [2.75, 3.05) is 37.6 Å². The minimum Gasteiger partial charge on any atom is -0.356 e. The van der Waals surface area contributed by atoms with Crippen LogP contribution in [-0.4, -0.2) is 65.7 Å². The summed E-state index contributed by atoms with van der Waals surface area (Å²) in [6, 6.07) is 1.17. The number of aromatic nitrogens is 2. The SMILES string of the molecule is CCNC(=O)N1CCC(NC2CCN(c3nc(C)ncc3CC)CC2)CC1. The minimum atomic E-state index is 0.0798. The van der Waals surface area contributed by atoms with E-state index in [-0.39, 0.29) is 6.03 Å². The molecule has 0 saturated carbocycles. The van der Waals surface area contributed by atoms with Gasteiger partial charge >= 0.3 is 6.03 Å². The molecule has 2 fully saturated rings. The number of hydrogen-bond donors (Lipinski definition) is 2. The molecule has 0 aliphatic carbocycles. The molecule has 0 bridgehead atoms. The smallest absolute Gasteiger partial charge is 0.317 e. The van der Waals surface area contributed by atoms with Crippen molar-refractivity contribution >= 4 is 11.8 Å². The fourth-order valence-electron chi connectivity index (χ4n) is 4.11. The van der Waals surface area contributed by atoms with Crippen molar-refractivity contribution in [3.8, 4) is 0 Å². The molecule has 7 heteroatoms. The number of urea groups is 1. The maximum Gasteiger partial charge on any atom is 0.317 e. The largest absolute Gasteiger partial charge is 0.356 e. The highest BCUT2D eigenvalue weighted by atomic mass is 16.2. The van der Waals surface area contributed by atoms with Crippen molar-refractivity contribution in [2.45, 2.75) is 65.0 Å². The molecule has 1 aromatic heterocycles. The Morgan fingerprint density at radius 3 is 2.33 bits per heavy atom. The molecule has 3 heterocycles. The highest BCUT2D eigenvalue weighted by Crippen LogP contribution is 2.23. The van der Waals surface area contributed by atoms with Gasteiger partial charge in [-0.05, 0) is 46.0 Å². The van der Waals surface area contributed by atoms with E-state index >= 15 is 0 Å². The van der Waals surface area contributed by atoms with Gasteiger partial charge in [0.15, 0.2) is 0 Å². The van der Waals surface area contributed by atoms with Crippen LogP contribution < -0.4 is 15.5 Å². The monoisotopic (exact) mass is 374 g/mol. The topological polar surface area (TPSA) is 73.4 Å². The van der Waals surface area contributed by atoms with Crippen LogP contribution in [0.5, 0.6) is 0 Å². The maximum absolute atomic E-state index is 11.9. The molecule has 0 spiro atoms. The third kappa shape index (κ3) is 5.09. The Morgan fingerprint density at radius 1 is 1.11 bits per heavy atom. The third-order valence-electron chi connectivity index (χ3n) is 5.72. The van der Waals surface area contributed by atoms with Crippen LogP contribution in [0.4, 0.5) is 10.6 Å². The lowest BCUT2D eigenvalue weighted by Crippen LogP contribution is -2.52. The summed E-state index contributed by atoms with van der Waals surface area (Å²) >= 11 is 0. The van der Waals surface area contributed by atoms with Gasteiger partial charge in [0.05, 0.1) is 0 Å². The lowest BCUT2D eigenvalue weighted by Gasteiger charge is -2.38. The molecule has 1 aromatic rings. The van der Waals surface area contributed by atoms with Gasteiger partial charge in [-0.2, -0.15) is 0 Å². The molecule has 2 N–H and O–H groups in total. The summed E-state index contributed by atoms with van der Waals surface area (Å²) in [5.41, 5.74) is 1.24. The van der Waals surface area contributed by atoms with Crippen LogP contribution in [0.25, 0.3) is 0 Å². The van der Waals surface area contributed by atoms with Gasteiger partial charge in [0.1, 0.15) is 11.6 Å². The second-order valence-electron chi connectivity index (χ2n) is 7.64. The summed E-state index contributed by atoms with van der Waals surface area (Å²) in [7, 11) is 0. The molecule has 0 atom stereocenters. The number of carbonyl (C=O) groups is 1. The van der Waals surface area contributed by atoms with Crippen molar-refractivity contribution < 1.29 is 4.79 Å². The molecule has 27 heavy (non-hydrogen) atoms. The Morgan fingerprint density at radius 2 is 1.74 bits per heavy atom. The highest BCUT2D eigenvalue weighted by molar-refractivity contribution is 5.74. The second-order valence-corrected chi connectivity index (χ2v) is 7.64. The Labute approximate surface area is 162 Å². The number of hydrogen-bond acceptors (Lipinski definition) is 5. The van der Waals surface area contributed by atoms with E-state index < -0.39 is 0 Å². The predicted octanol–water partition coefficient (Wildman–Crippen LogP) is 2.10. The molecule has 0 radical (unpaired) electrons. The average Bonchev–Trinajstić information content (AvgIpc) is 2.69. The zero-order valence-corrected chi connectivity index (χ0v) is 17.0. The molecule has 2 aliphatic heterocycles. The maximum atomic E-state index is 11.9. The zero-order valence-electron chi connectivity index (χ0n) is 17.0. The van der Waals surface area contributed by atoms with E-state index in [1.807, 2.05) is 24.9 Å². The first-order chi connectivity index (χ1) is 13.1. The number of aryl methyl sites for hydroxylation is 2. The summed E-state index contributed by atoms with van der Waals surface area (Å²) in [5, 5.41) is 6.74.